The number of rotatable bonds is 7. The van der Waals surface area contributed by atoms with Gasteiger partial charge in [0.15, 0.2) is 0 Å². The highest BCUT2D eigenvalue weighted by Crippen LogP contribution is 2.23. The Balaban J connectivity index is 1.79. The first-order valence-corrected chi connectivity index (χ1v) is 7.05. The van der Waals surface area contributed by atoms with E-state index in [-0.39, 0.29) is 12.5 Å². The quantitative estimate of drug-likeness (QED) is 0.596. The number of nitrogens with zero attached hydrogens (tertiary/aromatic N) is 3. The highest BCUT2D eigenvalue weighted by atomic mass is 16.2. The van der Waals surface area contributed by atoms with E-state index in [0.29, 0.717) is 19.1 Å². The largest absolute Gasteiger partial charge is 0.334 e. The number of carbonyl (C=O) groups excluding carboxylic acids is 1. The second-order valence-electron chi connectivity index (χ2n) is 5.15. The maximum absolute atomic E-state index is 11.7. The molecule has 21 heavy (non-hydrogen) atoms. The number of nitrogens with one attached hydrogen (secondary N) is 1. The van der Waals surface area contributed by atoms with Crippen LogP contribution in [0.3, 0.4) is 0 Å². The van der Waals surface area contributed by atoms with E-state index >= 15 is 0 Å². The smallest absolute Gasteiger partial charge is 0.237 e. The molecule has 0 bridgehead atoms. The van der Waals surface area contributed by atoms with E-state index in [4.69, 9.17) is 6.42 Å². The van der Waals surface area contributed by atoms with Gasteiger partial charge in [0.25, 0.3) is 0 Å². The molecule has 110 valence electrons. The molecule has 0 saturated heterocycles. The van der Waals surface area contributed by atoms with Crippen LogP contribution in [0.2, 0.25) is 0 Å². The number of aromatic nitrogens is 1. The van der Waals surface area contributed by atoms with Gasteiger partial charge in [-0.15, -0.1) is 6.42 Å². The van der Waals surface area contributed by atoms with E-state index in [2.05, 4.69) is 21.2 Å². The summed E-state index contributed by atoms with van der Waals surface area (Å²) in [5, 5.41) is 3.08. The number of hydrogen-bond donors (Lipinski definition) is 1. The van der Waals surface area contributed by atoms with Crippen molar-refractivity contribution in [3.05, 3.63) is 29.6 Å². The highest BCUT2D eigenvalue weighted by Gasteiger charge is 2.18. The molecule has 1 aromatic heterocycles. The molecule has 0 unspecified atom stereocenters. The van der Waals surface area contributed by atoms with Gasteiger partial charge in [0, 0.05) is 26.0 Å². The second-order valence-corrected chi connectivity index (χ2v) is 5.15. The van der Waals surface area contributed by atoms with Crippen LogP contribution < -0.4 is 5.32 Å². The van der Waals surface area contributed by atoms with E-state index in [0.717, 1.165) is 11.3 Å². The van der Waals surface area contributed by atoms with Crippen LogP contribution in [0.25, 0.3) is 0 Å². The van der Waals surface area contributed by atoms with Crippen molar-refractivity contribution in [2.75, 3.05) is 20.1 Å². The molecule has 0 aromatic carbocycles. The van der Waals surface area contributed by atoms with Gasteiger partial charge < -0.3 is 10.2 Å². The summed E-state index contributed by atoms with van der Waals surface area (Å²) in [4.78, 5) is 21.9. The van der Waals surface area contributed by atoms with Crippen molar-refractivity contribution in [2.24, 2.45) is 4.99 Å². The van der Waals surface area contributed by atoms with Gasteiger partial charge in [-0.25, -0.2) is 0 Å². The molecule has 1 heterocycles. The lowest BCUT2D eigenvalue weighted by molar-refractivity contribution is -0.128. The Kier molecular flexibility index (Phi) is 5.47. The summed E-state index contributed by atoms with van der Waals surface area (Å²) in [6.45, 7) is 1.12. The molecule has 0 aliphatic heterocycles. The molecule has 2 rings (SSSR count). The Morgan fingerprint density at radius 1 is 1.67 bits per heavy atom. The van der Waals surface area contributed by atoms with Gasteiger partial charge in [-0.05, 0) is 30.5 Å². The number of carbonyl (C=O) groups is 1. The van der Waals surface area contributed by atoms with E-state index in [1.165, 1.54) is 17.7 Å². The van der Waals surface area contributed by atoms with Crippen LogP contribution in [0, 0.1) is 12.3 Å². The van der Waals surface area contributed by atoms with E-state index < -0.39 is 0 Å². The van der Waals surface area contributed by atoms with Gasteiger partial charge in [-0.1, -0.05) is 5.92 Å². The molecular formula is C16H20N4O. The van der Waals surface area contributed by atoms with Crippen molar-refractivity contribution in [2.45, 2.75) is 25.4 Å². The SMILES string of the molecule is C#CCN(C)C(=O)CNCc1cc(C=NC2CC2)ccn1. The van der Waals surface area contributed by atoms with Crippen molar-refractivity contribution < 1.29 is 4.79 Å². The lowest BCUT2D eigenvalue weighted by Gasteiger charge is -2.14. The summed E-state index contributed by atoms with van der Waals surface area (Å²) in [7, 11) is 1.69. The molecule has 1 aliphatic rings. The van der Waals surface area contributed by atoms with Crippen LogP contribution in [-0.4, -0.2) is 48.2 Å². The first-order valence-electron chi connectivity index (χ1n) is 7.05. The number of pyridine rings is 1. The molecule has 1 aromatic rings. The van der Waals surface area contributed by atoms with Gasteiger partial charge in [0.1, 0.15) is 0 Å². The van der Waals surface area contributed by atoms with Gasteiger partial charge in [0.2, 0.25) is 5.91 Å². The van der Waals surface area contributed by atoms with Gasteiger partial charge in [-0.3, -0.25) is 14.8 Å². The first kappa shape index (κ1) is 15.2. The van der Waals surface area contributed by atoms with Gasteiger partial charge >= 0.3 is 0 Å². The lowest BCUT2D eigenvalue weighted by atomic mass is 10.2. The van der Waals surface area contributed by atoms with Crippen LogP contribution in [0.4, 0.5) is 0 Å². The minimum absolute atomic E-state index is 0.0283. The molecular weight excluding hydrogens is 264 g/mol. The Labute approximate surface area is 125 Å². The third kappa shape index (κ3) is 5.36. The van der Waals surface area contributed by atoms with Gasteiger partial charge in [0.05, 0.1) is 24.8 Å². The minimum atomic E-state index is -0.0283. The molecule has 1 saturated carbocycles. The Bertz CT molecular complexity index is 558. The normalized spacial score (nSPS) is 14.1. The zero-order chi connectivity index (χ0) is 15.1. The monoisotopic (exact) mass is 284 g/mol. The second kappa shape index (κ2) is 7.55. The van der Waals surface area contributed by atoms with E-state index in [9.17, 15) is 4.79 Å². The van der Waals surface area contributed by atoms with Crippen molar-refractivity contribution >= 4 is 12.1 Å². The predicted octanol–water partition coefficient (Wildman–Crippen LogP) is 0.844. The number of terminal acetylenes is 1. The number of aliphatic imine (C=N–C) groups is 1. The summed E-state index contributed by atoms with van der Waals surface area (Å²) < 4.78 is 0. The zero-order valence-corrected chi connectivity index (χ0v) is 12.2. The van der Waals surface area contributed by atoms with Crippen LogP contribution in [0.5, 0.6) is 0 Å². The van der Waals surface area contributed by atoms with Crippen LogP contribution in [0.1, 0.15) is 24.1 Å². The fourth-order valence-electron chi connectivity index (χ4n) is 1.75. The average Bonchev–Trinajstić information content (AvgIpc) is 3.30. The molecule has 5 heteroatoms. The Hall–Kier alpha value is -2.19. The number of likely N-dealkylation sites (N-methyl/N-ethyl adjacent to an activating group) is 1. The van der Waals surface area contributed by atoms with Crippen molar-refractivity contribution in [1.29, 1.82) is 0 Å². The van der Waals surface area contributed by atoms with E-state index in [1.807, 2.05) is 18.3 Å². The van der Waals surface area contributed by atoms with Crippen molar-refractivity contribution in [3.63, 3.8) is 0 Å². The highest BCUT2D eigenvalue weighted by molar-refractivity contribution is 5.80. The molecule has 1 N–H and O–H groups in total. The fraction of sp³-hybridized carbons (Fsp3) is 0.438. The zero-order valence-electron chi connectivity index (χ0n) is 12.2. The van der Waals surface area contributed by atoms with Crippen LogP contribution in [-0.2, 0) is 11.3 Å². The molecule has 1 fully saturated rings. The third-order valence-electron chi connectivity index (χ3n) is 3.16. The summed E-state index contributed by atoms with van der Waals surface area (Å²) in [5.74, 6) is 2.41. The first-order chi connectivity index (χ1) is 10.2. The van der Waals surface area contributed by atoms with Crippen LogP contribution >= 0.6 is 0 Å². The number of amides is 1. The summed E-state index contributed by atoms with van der Waals surface area (Å²) in [6, 6.07) is 4.43. The standard InChI is InChI=1S/C16H20N4O/c1-3-8-20(2)16(21)12-17-11-15-9-13(6-7-18-15)10-19-14-4-5-14/h1,6-7,9-10,14,17H,4-5,8,11-12H2,2H3. The summed E-state index contributed by atoms with van der Waals surface area (Å²) in [6.07, 6.45) is 11.2. The maximum atomic E-state index is 11.7. The summed E-state index contributed by atoms with van der Waals surface area (Å²) >= 11 is 0. The van der Waals surface area contributed by atoms with Crippen LogP contribution in [0.15, 0.2) is 23.3 Å². The van der Waals surface area contributed by atoms with E-state index in [1.54, 1.807) is 13.2 Å². The Morgan fingerprint density at radius 2 is 2.48 bits per heavy atom. The number of hydrogen-bond acceptors (Lipinski definition) is 4. The molecule has 1 aliphatic carbocycles. The maximum Gasteiger partial charge on any atom is 0.237 e. The minimum Gasteiger partial charge on any atom is -0.334 e. The third-order valence-corrected chi connectivity index (χ3v) is 3.16. The molecule has 0 atom stereocenters. The topological polar surface area (TPSA) is 57.6 Å². The average molecular weight is 284 g/mol. The van der Waals surface area contributed by atoms with Crippen molar-refractivity contribution in [1.82, 2.24) is 15.2 Å². The van der Waals surface area contributed by atoms with Gasteiger partial charge in [-0.2, -0.15) is 0 Å². The summed E-state index contributed by atoms with van der Waals surface area (Å²) in [5.41, 5.74) is 1.94. The molecule has 5 nitrogen and oxygen atoms in total. The lowest BCUT2D eigenvalue weighted by Crippen LogP contribution is -2.35. The Morgan fingerprint density at radius 3 is 3.19 bits per heavy atom. The molecule has 0 radical (unpaired) electrons. The fourth-order valence-corrected chi connectivity index (χ4v) is 1.75. The molecule has 1 amide bonds. The van der Waals surface area contributed by atoms with Crippen molar-refractivity contribution in [3.8, 4) is 12.3 Å². The predicted molar refractivity (Wildman–Crippen MR) is 83.0 cm³/mol. The molecule has 0 spiro atoms.